The van der Waals surface area contributed by atoms with Crippen LogP contribution in [0.2, 0.25) is 0 Å². The zero-order chi connectivity index (χ0) is 11.4. The molecule has 0 bridgehead atoms. The molecule has 0 saturated carbocycles. The summed E-state index contributed by atoms with van der Waals surface area (Å²) in [7, 11) is 0. The molecule has 1 aromatic heterocycles. The number of hydrogen-bond acceptors (Lipinski definition) is 4. The Bertz CT molecular complexity index is 339. The molecule has 16 heavy (non-hydrogen) atoms. The molecule has 0 aromatic carbocycles. The number of aliphatic hydroxyl groups is 1. The minimum Gasteiger partial charge on any atom is -0.392 e. The number of hydrogen-bond donors (Lipinski definition) is 3. The van der Waals surface area contributed by atoms with E-state index in [1.807, 2.05) is 10.8 Å². The summed E-state index contributed by atoms with van der Waals surface area (Å²) in [6, 6.07) is -0.252. The first kappa shape index (κ1) is 11.1. The van der Waals surface area contributed by atoms with Crippen LogP contribution in [0, 0.1) is 0 Å². The highest BCUT2D eigenvalue weighted by Gasteiger charge is 2.27. The fourth-order valence-electron chi connectivity index (χ4n) is 1.77. The Kier molecular flexibility index (Phi) is 3.53. The Labute approximate surface area is 93.7 Å². The highest BCUT2D eigenvalue weighted by Crippen LogP contribution is 2.05. The number of imidazole rings is 1. The molecule has 88 valence electrons. The minimum absolute atomic E-state index is 0.0448. The Hall–Kier alpha value is -1.40. The number of amides is 1. The lowest BCUT2D eigenvalue weighted by Crippen LogP contribution is -2.41. The third-order valence-corrected chi connectivity index (χ3v) is 2.65. The van der Waals surface area contributed by atoms with Gasteiger partial charge in [-0.15, -0.1) is 0 Å². The molecule has 0 radical (unpaired) electrons. The summed E-state index contributed by atoms with van der Waals surface area (Å²) in [5.41, 5.74) is 0. The zero-order valence-electron chi connectivity index (χ0n) is 8.97. The third kappa shape index (κ3) is 2.80. The second-order valence-corrected chi connectivity index (χ2v) is 3.94. The molecule has 1 amide bonds. The maximum atomic E-state index is 11.6. The highest BCUT2D eigenvalue weighted by molar-refractivity contribution is 5.82. The topological polar surface area (TPSA) is 79.2 Å². The first-order chi connectivity index (χ1) is 7.75. The van der Waals surface area contributed by atoms with Crippen LogP contribution in [0.25, 0.3) is 0 Å². The molecule has 1 saturated heterocycles. The second-order valence-electron chi connectivity index (χ2n) is 3.94. The SMILES string of the molecule is O=C(NCCn1ccnc1)C1CC(O)CN1. The summed E-state index contributed by atoms with van der Waals surface area (Å²) in [5.74, 6) is -0.0448. The van der Waals surface area contributed by atoms with Crippen LogP contribution in [-0.4, -0.2) is 45.8 Å². The molecular weight excluding hydrogens is 208 g/mol. The maximum absolute atomic E-state index is 11.6. The fourth-order valence-corrected chi connectivity index (χ4v) is 1.77. The largest absolute Gasteiger partial charge is 0.392 e. The molecule has 1 fully saturated rings. The molecule has 2 heterocycles. The van der Waals surface area contributed by atoms with Gasteiger partial charge < -0.3 is 20.3 Å². The summed E-state index contributed by atoms with van der Waals surface area (Å²) >= 11 is 0. The molecule has 1 aliphatic rings. The average molecular weight is 224 g/mol. The van der Waals surface area contributed by atoms with Gasteiger partial charge in [0.05, 0.1) is 18.5 Å². The van der Waals surface area contributed by atoms with E-state index < -0.39 is 6.10 Å². The van der Waals surface area contributed by atoms with Crippen molar-refractivity contribution < 1.29 is 9.90 Å². The van der Waals surface area contributed by atoms with Gasteiger partial charge in [0.1, 0.15) is 0 Å². The first-order valence-corrected chi connectivity index (χ1v) is 5.40. The summed E-state index contributed by atoms with van der Waals surface area (Å²) in [4.78, 5) is 15.5. The van der Waals surface area contributed by atoms with E-state index in [4.69, 9.17) is 0 Å². The van der Waals surface area contributed by atoms with Crippen LogP contribution < -0.4 is 10.6 Å². The van der Waals surface area contributed by atoms with Crippen molar-refractivity contribution >= 4 is 5.91 Å². The number of rotatable bonds is 4. The summed E-state index contributed by atoms with van der Waals surface area (Å²) in [5, 5.41) is 15.1. The van der Waals surface area contributed by atoms with Crippen molar-refractivity contribution in [3.8, 4) is 0 Å². The quantitative estimate of drug-likeness (QED) is 0.595. The smallest absolute Gasteiger partial charge is 0.237 e. The van der Waals surface area contributed by atoms with Crippen LogP contribution in [0.3, 0.4) is 0 Å². The number of carbonyl (C=O) groups is 1. The Morgan fingerprint density at radius 3 is 3.19 bits per heavy atom. The van der Waals surface area contributed by atoms with Crippen molar-refractivity contribution in [3.63, 3.8) is 0 Å². The van der Waals surface area contributed by atoms with Crippen LogP contribution in [0.1, 0.15) is 6.42 Å². The van der Waals surface area contributed by atoms with E-state index in [-0.39, 0.29) is 11.9 Å². The molecule has 2 atom stereocenters. The summed E-state index contributed by atoms with van der Waals surface area (Å²) in [6.07, 6.45) is 5.37. The van der Waals surface area contributed by atoms with Crippen molar-refractivity contribution in [1.82, 2.24) is 20.2 Å². The Morgan fingerprint density at radius 1 is 1.69 bits per heavy atom. The van der Waals surface area contributed by atoms with Crippen LogP contribution in [0.5, 0.6) is 0 Å². The number of β-amino-alcohol motifs (C(OH)–C–C–N with tert-alkyl or cyclic N) is 1. The van der Waals surface area contributed by atoms with E-state index in [1.54, 1.807) is 12.5 Å². The van der Waals surface area contributed by atoms with Gasteiger partial charge in [-0.1, -0.05) is 0 Å². The number of aliphatic hydroxyl groups excluding tert-OH is 1. The van der Waals surface area contributed by atoms with Crippen molar-refractivity contribution in [2.75, 3.05) is 13.1 Å². The van der Waals surface area contributed by atoms with Gasteiger partial charge in [-0.25, -0.2) is 4.98 Å². The first-order valence-electron chi connectivity index (χ1n) is 5.40. The van der Waals surface area contributed by atoms with Crippen molar-refractivity contribution in [2.45, 2.75) is 25.1 Å². The van der Waals surface area contributed by atoms with Crippen molar-refractivity contribution in [2.24, 2.45) is 0 Å². The Balaban J connectivity index is 1.68. The lowest BCUT2D eigenvalue weighted by atomic mass is 10.2. The van der Waals surface area contributed by atoms with Gasteiger partial charge in [0, 0.05) is 32.0 Å². The summed E-state index contributed by atoms with van der Waals surface area (Å²) in [6.45, 7) is 1.78. The lowest BCUT2D eigenvalue weighted by molar-refractivity contribution is -0.122. The van der Waals surface area contributed by atoms with Crippen LogP contribution in [0.15, 0.2) is 18.7 Å². The minimum atomic E-state index is -0.399. The van der Waals surface area contributed by atoms with Gasteiger partial charge in [0.25, 0.3) is 0 Å². The Morgan fingerprint density at radius 2 is 2.56 bits per heavy atom. The van der Waals surface area contributed by atoms with E-state index in [9.17, 15) is 9.90 Å². The van der Waals surface area contributed by atoms with E-state index in [0.717, 1.165) is 0 Å². The van der Waals surface area contributed by atoms with Gasteiger partial charge in [-0.3, -0.25) is 4.79 Å². The van der Waals surface area contributed by atoms with Crippen molar-refractivity contribution in [3.05, 3.63) is 18.7 Å². The normalized spacial score (nSPS) is 24.6. The number of carbonyl (C=O) groups excluding carboxylic acids is 1. The van der Waals surface area contributed by atoms with Gasteiger partial charge in [0.15, 0.2) is 0 Å². The molecule has 1 aromatic rings. The van der Waals surface area contributed by atoms with E-state index in [1.165, 1.54) is 0 Å². The maximum Gasteiger partial charge on any atom is 0.237 e. The molecule has 0 aliphatic carbocycles. The predicted octanol–water partition coefficient (Wildman–Crippen LogP) is -1.28. The van der Waals surface area contributed by atoms with Gasteiger partial charge in [-0.2, -0.15) is 0 Å². The molecule has 2 unspecified atom stereocenters. The molecule has 6 nitrogen and oxygen atoms in total. The standard InChI is InChI=1S/C10H16N4O2/c15-8-5-9(13-6-8)10(16)12-2-4-14-3-1-11-7-14/h1,3,7-9,13,15H,2,4-6H2,(H,12,16). The molecule has 3 N–H and O–H groups in total. The highest BCUT2D eigenvalue weighted by atomic mass is 16.3. The van der Waals surface area contributed by atoms with Crippen LogP contribution >= 0.6 is 0 Å². The third-order valence-electron chi connectivity index (χ3n) is 2.65. The molecule has 6 heteroatoms. The number of aromatic nitrogens is 2. The zero-order valence-corrected chi connectivity index (χ0v) is 8.97. The van der Waals surface area contributed by atoms with E-state index in [2.05, 4.69) is 15.6 Å². The van der Waals surface area contributed by atoms with Gasteiger partial charge in [0.2, 0.25) is 5.91 Å². The monoisotopic (exact) mass is 224 g/mol. The van der Waals surface area contributed by atoms with Gasteiger partial charge in [-0.05, 0) is 6.42 Å². The lowest BCUT2D eigenvalue weighted by Gasteiger charge is -2.10. The van der Waals surface area contributed by atoms with Crippen molar-refractivity contribution in [1.29, 1.82) is 0 Å². The fraction of sp³-hybridized carbons (Fsp3) is 0.600. The van der Waals surface area contributed by atoms with Crippen LogP contribution in [-0.2, 0) is 11.3 Å². The number of nitrogens with zero attached hydrogens (tertiary/aromatic N) is 2. The van der Waals surface area contributed by atoms with Gasteiger partial charge >= 0.3 is 0 Å². The van der Waals surface area contributed by atoms with Crippen LogP contribution in [0.4, 0.5) is 0 Å². The van der Waals surface area contributed by atoms with E-state index in [0.29, 0.717) is 26.1 Å². The second kappa shape index (κ2) is 5.09. The number of nitrogens with one attached hydrogen (secondary N) is 2. The molecular formula is C10H16N4O2. The summed E-state index contributed by atoms with van der Waals surface area (Å²) < 4.78 is 1.90. The predicted molar refractivity (Wildman–Crippen MR) is 57.7 cm³/mol. The molecule has 2 rings (SSSR count). The molecule has 0 spiro atoms. The average Bonchev–Trinajstić information content (AvgIpc) is 2.89. The molecule has 1 aliphatic heterocycles. The van der Waals surface area contributed by atoms with E-state index >= 15 is 0 Å².